The molecular formula is C21H24FNO4. The zero-order valence-corrected chi connectivity index (χ0v) is 15.5. The maximum Gasteiger partial charge on any atom is 0.339 e. The van der Waals surface area contributed by atoms with Crippen LogP contribution >= 0.6 is 0 Å². The van der Waals surface area contributed by atoms with E-state index >= 15 is 0 Å². The highest BCUT2D eigenvalue weighted by Gasteiger charge is 2.35. The van der Waals surface area contributed by atoms with Gasteiger partial charge in [0, 0.05) is 18.6 Å². The first-order chi connectivity index (χ1) is 12.9. The Balaban J connectivity index is 1.65. The Morgan fingerprint density at radius 3 is 2.81 bits per heavy atom. The topological polar surface area (TPSA) is 59.0 Å². The number of carboxylic acid groups (broad SMARTS) is 1. The van der Waals surface area contributed by atoms with Gasteiger partial charge in [-0.2, -0.15) is 0 Å². The Morgan fingerprint density at radius 2 is 2.07 bits per heavy atom. The lowest BCUT2D eigenvalue weighted by Crippen LogP contribution is -2.54. The third-order valence-electron chi connectivity index (χ3n) is 4.84. The Bertz CT molecular complexity index is 808. The average Bonchev–Trinajstić information content (AvgIpc) is 2.63. The summed E-state index contributed by atoms with van der Waals surface area (Å²) in [5.41, 5.74) is 0.767. The molecule has 2 aromatic carbocycles. The van der Waals surface area contributed by atoms with Crippen molar-refractivity contribution in [1.29, 1.82) is 0 Å². The van der Waals surface area contributed by atoms with Crippen molar-refractivity contribution in [3.8, 4) is 5.75 Å². The monoisotopic (exact) mass is 373 g/mol. The fourth-order valence-corrected chi connectivity index (χ4v) is 3.23. The highest BCUT2D eigenvalue weighted by molar-refractivity contribution is 5.90. The average molecular weight is 373 g/mol. The molecule has 1 heterocycles. The number of halogens is 1. The van der Waals surface area contributed by atoms with Gasteiger partial charge in [0.15, 0.2) is 0 Å². The van der Waals surface area contributed by atoms with E-state index in [0.29, 0.717) is 32.1 Å². The fraction of sp³-hybridized carbons (Fsp3) is 0.381. The molecule has 0 amide bonds. The van der Waals surface area contributed by atoms with Crippen molar-refractivity contribution < 1.29 is 23.8 Å². The molecule has 1 aliphatic rings. The summed E-state index contributed by atoms with van der Waals surface area (Å²) < 4.78 is 25.2. The van der Waals surface area contributed by atoms with E-state index in [-0.39, 0.29) is 23.0 Å². The molecule has 27 heavy (non-hydrogen) atoms. The Kier molecular flexibility index (Phi) is 5.77. The van der Waals surface area contributed by atoms with Crippen LogP contribution in [-0.2, 0) is 4.74 Å². The SMILES string of the molecule is CC1(C)COC(c2cccc(F)c2)CN1CCOc1ccccc1C(=O)O. The number of para-hydroxylation sites is 1. The molecule has 144 valence electrons. The zero-order valence-electron chi connectivity index (χ0n) is 15.5. The number of carboxylic acids is 1. The van der Waals surface area contributed by atoms with Crippen molar-refractivity contribution in [2.45, 2.75) is 25.5 Å². The number of rotatable bonds is 6. The first kappa shape index (κ1) is 19.3. The quantitative estimate of drug-likeness (QED) is 0.836. The van der Waals surface area contributed by atoms with Crippen LogP contribution in [-0.4, -0.2) is 47.8 Å². The number of benzene rings is 2. The molecular weight excluding hydrogens is 349 g/mol. The van der Waals surface area contributed by atoms with Gasteiger partial charge in [-0.1, -0.05) is 24.3 Å². The van der Waals surface area contributed by atoms with Crippen molar-refractivity contribution in [1.82, 2.24) is 4.90 Å². The van der Waals surface area contributed by atoms with Crippen LogP contribution in [0.1, 0.15) is 35.9 Å². The number of hydrogen-bond acceptors (Lipinski definition) is 4. The third-order valence-corrected chi connectivity index (χ3v) is 4.84. The molecule has 1 unspecified atom stereocenters. The summed E-state index contributed by atoms with van der Waals surface area (Å²) in [5.74, 6) is -0.928. The minimum atomic E-state index is -1.01. The summed E-state index contributed by atoms with van der Waals surface area (Å²) in [4.78, 5) is 13.5. The molecule has 1 saturated heterocycles. The van der Waals surface area contributed by atoms with E-state index in [1.54, 1.807) is 24.3 Å². The van der Waals surface area contributed by atoms with E-state index in [0.717, 1.165) is 5.56 Å². The first-order valence-electron chi connectivity index (χ1n) is 8.94. The molecule has 0 aliphatic carbocycles. The standard InChI is InChI=1S/C21H24FNO4/c1-21(2)14-27-19(15-6-5-7-16(22)12-15)13-23(21)10-11-26-18-9-4-3-8-17(18)20(24)25/h3-9,12,19H,10-11,13-14H2,1-2H3,(H,24,25). The van der Waals surface area contributed by atoms with E-state index in [9.17, 15) is 14.3 Å². The van der Waals surface area contributed by atoms with Crippen molar-refractivity contribution in [3.63, 3.8) is 0 Å². The van der Waals surface area contributed by atoms with Crippen LogP contribution in [0.4, 0.5) is 4.39 Å². The zero-order chi connectivity index (χ0) is 19.4. The Morgan fingerprint density at radius 1 is 1.30 bits per heavy atom. The second-order valence-electron chi connectivity index (χ2n) is 7.26. The van der Waals surface area contributed by atoms with Crippen molar-refractivity contribution >= 4 is 5.97 Å². The Hall–Kier alpha value is -2.44. The molecule has 5 nitrogen and oxygen atoms in total. The number of morpholine rings is 1. The predicted molar refractivity (Wildman–Crippen MR) is 99.6 cm³/mol. The fourth-order valence-electron chi connectivity index (χ4n) is 3.23. The van der Waals surface area contributed by atoms with Crippen molar-refractivity contribution in [3.05, 3.63) is 65.5 Å². The van der Waals surface area contributed by atoms with Gasteiger partial charge in [0.1, 0.15) is 23.7 Å². The van der Waals surface area contributed by atoms with Crippen LogP contribution in [0.3, 0.4) is 0 Å². The van der Waals surface area contributed by atoms with Crippen LogP contribution in [0.2, 0.25) is 0 Å². The van der Waals surface area contributed by atoms with Crippen molar-refractivity contribution in [2.24, 2.45) is 0 Å². The van der Waals surface area contributed by atoms with Gasteiger partial charge in [0.25, 0.3) is 0 Å². The van der Waals surface area contributed by atoms with Gasteiger partial charge in [-0.15, -0.1) is 0 Å². The largest absolute Gasteiger partial charge is 0.491 e. The first-order valence-corrected chi connectivity index (χ1v) is 8.94. The van der Waals surface area contributed by atoms with Crippen LogP contribution in [0.5, 0.6) is 5.75 Å². The molecule has 1 aliphatic heterocycles. The summed E-state index contributed by atoms with van der Waals surface area (Å²) in [6.45, 7) is 6.25. The molecule has 1 N–H and O–H groups in total. The summed E-state index contributed by atoms with van der Waals surface area (Å²) in [5, 5.41) is 9.24. The number of hydrogen-bond donors (Lipinski definition) is 1. The normalized spacial score (nSPS) is 19.6. The smallest absolute Gasteiger partial charge is 0.339 e. The second kappa shape index (κ2) is 8.06. The van der Waals surface area contributed by atoms with Crippen LogP contribution in [0.15, 0.2) is 48.5 Å². The van der Waals surface area contributed by atoms with Crippen LogP contribution in [0, 0.1) is 5.82 Å². The summed E-state index contributed by atoms with van der Waals surface area (Å²) in [6.07, 6.45) is -0.208. The van der Waals surface area contributed by atoms with Gasteiger partial charge in [-0.3, -0.25) is 4.90 Å². The third kappa shape index (κ3) is 4.64. The summed E-state index contributed by atoms with van der Waals surface area (Å²) in [7, 11) is 0. The van der Waals surface area contributed by atoms with E-state index in [1.165, 1.54) is 18.2 Å². The van der Waals surface area contributed by atoms with Gasteiger partial charge in [0.2, 0.25) is 0 Å². The molecule has 0 saturated carbocycles. The molecule has 2 aromatic rings. The lowest BCUT2D eigenvalue weighted by molar-refractivity contribution is -0.103. The second-order valence-corrected chi connectivity index (χ2v) is 7.26. The van der Waals surface area contributed by atoms with E-state index in [2.05, 4.69) is 18.7 Å². The molecule has 0 bridgehead atoms. The molecule has 6 heteroatoms. The van der Waals surface area contributed by atoms with Gasteiger partial charge >= 0.3 is 5.97 Å². The van der Waals surface area contributed by atoms with Crippen LogP contribution in [0.25, 0.3) is 0 Å². The van der Waals surface area contributed by atoms with E-state index < -0.39 is 5.97 Å². The maximum atomic E-state index is 13.5. The van der Waals surface area contributed by atoms with Gasteiger partial charge in [-0.05, 0) is 43.7 Å². The number of aromatic carboxylic acids is 1. The van der Waals surface area contributed by atoms with E-state index in [1.807, 2.05) is 6.07 Å². The molecule has 1 atom stereocenters. The lowest BCUT2D eigenvalue weighted by atomic mass is 9.98. The lowest BCUT2D eigenvalue weighted by Gasteiger charge is -2.45. The molecule has 0 aromatic heterocycles. The molecule has 3 rings (SSSR count). The van der Waals surface area contributed by atoms with Gasteiger partial charge in [-0.25, -0.2) is 9.18 Å². The molecule has 1 fully saturated rings. The summed E-state index contributed by atoms with van der Waals surface area (Å²) in [6, 6.07) is 13.1. The summed E-state index contributed by atoms with van der Waals surface area (Å²) >= 11 is 0. The highest BCUT2D eigenvalue weighted by atomic mass is 19.1. The van der Waals surface area contributed by atoms with Gasteiger partial charge < -0.3 is 14.6 Å². The minimum absolute atomic E-state index is 0.149. The maximum absolute atomic E-state index is 13.5. The number of nitrogens with zero attached hydrogens (tertiary/aromatic N) is 1. The van der Waals surface area contributed by atoms with Crippen LogP contribution < -0.4 is 4.74 Å². The van der Waals surface area contributed by atoms with Gasteiger partial charge in [0.05, 0.1) is 12.7 Å². The number of ether oxygens (including phenoxy) is 2. The molecule has 0 spiro atoms. The minimum Gasteiger partial charge on any atom is -0.491 e. The molecule has 0 radical (unpaired) electrons. The Labute approximate surface area is 158 Å². The highest BCUT2D eigenvalue weighted by Crippen LogP contribution is 2.30. The predicted octanol–water partition coefficient (Wildman–Crippen LogP) is 3.75. The van der Waals surface area contributed by atoms with E-state index in [4.69, 9.17) is 9.47 Å². The van der Waals surface area contributed by atoms with Crippen molar-refractivity contribution in [2.75, 3.05) is 26.3 Å². The number of carbonyl (C=O) groups is 1.